The fourth-order valence-electron chi connectivity index (χ4n) is 2.58. The van der Waals surface area contributed by atoms with Gasteiger partial charge in [-0.05, 0) is 48.6 Å². The molecular formula is C23H27NO. The van der Waals surface area contributed by atoms with Crippen molar-refractivity contribution in [2.75, 3.05) is 26.2 Å². The van der Waals surface area contributed by atoms with Gasteiger partial charge in [0.05, 0.1) is 13.1 Å². The summed E-state index contributed by atoms with van der Waals surface area (Å²) in [5, 5.41) is 0. The Labute approximate surface area is 153 Å². The van der Waals surface area contributed by atoms with E-state index in [9.17, 15) is 0 Å². The quantitative estimate of drug-likeness (QED) is 0.597. The third-order valence-corrected chi connectivity index (χ3v) is 3.88. The highest BCUT2D eigenvalue weighted by atomic mass is 16.5. The number of ether oxygens (including phenoxy) is 1. The molecule has 0 aromatic heterocycles. The molecular weight excluding hydrogens is 306 g/mol. The van der Waals surface area contributed by atoms with Crippen LogP contribution in [0.5, 0.6) is 5.75 Å². The Bertz CT molecular complexity index is 678. The van der Waals surface area contributed by atoms with Crippen LogP contribution in [-0.2, 0) is 0 Å². The highest BCUT2D eigenvalue weighted by Crippen LogP contribution is 2.27. The van der Waals surface area contributed by atoms with Crippen LogP contribution in [0.15, 0.2) is 24.3 Å². The van der Waals surface area contributed by atoms with Gasteiger partial charge in [-0.15, -0.1) is 19.3 Å². The number of nitrogens with zero attached hydrogens (tertiary/aromatic N) is 1. The van der Waals surface area contributed by atoms with Gasteiger partial charge < -0.3 is 4.74 Å². The highest BCUT2D eigenvalue weighted by Gasteiger charge is 2.10. The summed E-state index contributed by atoms with van der Waals surface area (Å²) in [7, 11) is 0. The molecule has 0 atom stereocenters. The molecule has 0 heterocycles. The van der Waals surface area contributed by atoms with Crippen LogP contribution in [0.4, 0.5) is 0 Å². The summed E-state index contributed by atoms with van der Waals surface area (Å²) in [6, 6.07) is 6.10. The number of benzene rings is 1. The lowest BCUT2D eigenvalue weighted by atomic mass is 9.96. The molecule has 1 aromatic rings. The van der Waals surface area contributed by atoms with E-state index in [2.05, 4.69) is 54.7 Å². The molecule has 25 heavy (non-hydrogen) atoms. The first-order valence-electron chi connectivity index (χ1n) is 8.61. The molecule has 0 aliphatic rings. The van der Waals surface area contributed by atoms with Crippen molar-refractivity contribution in [3.8, 4) is 42.8 Å². The number of hydrogen-bond acceptors (Lipinski definition) is 2. The first kappa shape index (κ1) is 20.4. The van der Waals surface area contributed by atoms with Gasteiger partial charge in [-0.3, -0.25) is 4.90 Å². The summed E-state index contributed by atoms with van der Waals surface area (Å²) in [6.07, 6.45) is 21.5. The zero-order valence-corrected chi connectivity index (χ0v) is 15.3. The first-order valence-corrected chi connectivity index (χ1v) is 8.61. The number of terminal acetylenes is 3. The number of unbranched alkanes of at least 4 members (excludes halogenated alkanes) is 1. The van der Waals surface area contributed by atoms with E-state index in [1.54, 1.807) is 0 Å². The van der Waals surface area contributed by atoms with E-state index in [0.717, 1.165) is 31.6 Å². The fraction of sp³-hybridized carbons (Fsp3) is 0.391. The fourth-order valence-corrected chi connectivity index (χ4v) is 2.58. The molecule has 0 radical (unpaired) electrons. The Hall–Kier alpha value is -2.60. The molecule has 0 saturated heterocycles. The van der Waals surface area contributed by atoms with Crippen LogP contribution in [0, 0.1) is 44.0 Å². The summed E-state index contributed by atoms with van der Waals surface area (Å²) in [5.74, 6) is 8.65. The van der Waals surface area contributed by atoms with Crippen molar-refractivity contribution < 1.29 is 4.74 Å². The summed E-state index contributed by atoms with van der Waals surface area (Å²) < 4.78 is 5.58. The summed E-state index contributed by atoms with van der Waals surface area (Å²) in [4.78, 5) is 2.10. The number of aryl methyl sites for hydroxylation is 1. The van der Waals surface area contributed by atoms with Gasteiger partial charge in [0.25, 0.3) is 0 Å². The summed E-state index contributed by atoms with van der Waals surface area (Å²) in [5.41, 5.74) is 3.71. The molecule has 0 spiro atoms. The Morgan fingerprint density at radius 2 is 1.88 bits per heavy atom. The minimum atomic E-state index is 0.272. The van der Waals surface area contributed by atoms with Crippen LogP contribution >= 0.6 is 0 Å². The predicted molar refractivity (Wildman–Crippen MR) is 107 cm³/mol. The Kier molecular flexibility index (Phi) is 9.70. The van der Waals surface area contributed by atoms with Gasteiger partial charge in [-0.2, -0.15) is 0 Å². The van der Waals surface area contributed by atoms with Gasteiger partial charge in [0.2, 0.25) is 0 Å². The van der Waals surface area contributed by atoms with Gasteiger partial charge in [0.1, 0.15) is 12.4 Å². The second-order valence-corrected chi connectivity index (χ2v) is 5.86. The van der Waals surface area contributed by atoms with Gasteiger partial charge in [0, 0.05) is 6.54 Å². The molecule has 130 valence electrons. The minimum Gasteiger partial charge on any atom is -0.481 e. The van der Waals surface area contributed by atoms with Gasteiger partial charge in [-0.1, -0.05) is 43.2 Å². The van der Waals surface area contributed by atoms with Crippen LogP contribution in [0.1, 0.15) is 37.3 Å². The molecule has 0 aliphatic heterocycles. The van der Waals surface area contributed by atoms with Gasteiger partial charge in [-0.25, -0.2) is 0 Å². The van der Waals surface area contributed by atoms with Crippen molar-refractivity contribution in [3.63, 3.8) is 0 Å². The standard InChI is InChI=1S/C23H27NO/c1-6-10-11-21(14-17-24(15-7-2)16-8-3)23-19-22(25-18-9-4)13-12-20(23)5/h2-4,11-13,19H,6,10,14-18H2,1,5H3/b21-11-. The van der Waals surface area contributed by atoms with Crippen molar-refractivity contribution in [2.45, 2.75) is 33.1 Å². The maximum absolute atomic E-state index is 5.58. The Morgan fingerprint density at radius 3 is 2.48 bits per heavy atom. The van der Waals surface area contributed by atoms with E-state index in [1.165, 1.54) is 16.7 Å². The normalized spacial score (nSPS) is 10.8. The minimum absolute atomic E-state index is 0.272. The molecule has 1 aromatic carbocycles. The molecule has 2 nitrogen and oxygen atoms in total. The maximum Gasteiger partial charge on any atom is 0.148 e. The molecule has 0 amide bonds. The smallest absolute Gasteiger partial charge is 0.148 e. The average molecular weight is 333 g/mol. The summed E-state index contributed by atoms with van der Waals surface area (Å²) in [6.45, 7) is 6.52. The Balaban J connectivity index is 3.01. The molecule has 0 fully saturated rings. The van der Waals surface area contributed by atoms with Crippen LogP contribution in [0.3, 0.4) is 0 Å². The third-order valence-electron chi connectivity index (χ3n) is 3.88. The molecule has 0 N–H and O–H groups in total. The maximum atomic E-state index is 5.58. The zero-order chi connectivity index (χ0) is 18.5. The van der Waals surface area contributed by atoms with Crippen molar-refractivity contribution >= 4 is 5.57 Å². The van der Waals surface area contributed by atoms with Gasteiger partial charge >= 0.3 is 0 Å². The van der Waals surface area contributed by atoms with Crippen molar-refractivity contribution in [3.05, 3.63) is 35.4 Å². The molecule has 0 bridgehead atoms. The molecule has 0 unspecified atom stereocenters. The largest absolute Gasteiger partial charge is 0.481 e. The van der Waals surface area contributed by atoms with E-state index >= 15 is 0 Å². The van der Waals surface area contributed by atoms with E-state index in [4.69, 9.17) is 24.0 Å². The SMILES string of the molecule is C#CCOc1ccc(C)c(/C(=C\CCC)CCN(CC#C)CC#C)c1. The lowest BCUT2D eigenvalue weighted by Gasteiger charge is -2.19. The average Bonchev–Trinajstić information content (AvgIpc) is 2.61. The molecule has 0 aliphatic carbocycles. The zero-order valence-electron chi connectivity index (χ0n) is 15.3. The molecule has 0 saturated carbocycles. The number of rotatable bonds is 10. The van der Waals surface area contributed by atoms with Crippen LogP contribution in [0.25, 0.3) is 5.57 Å². The lowest BCUT2D eigenvalue weighted by Crippen LogP contribution is -2.25. The highest BCUT2D eigenvalue weighted by molar-refractivity contribution is 5.69. The van der Waals surface area contributed by atoms with Crippen LogP contribution in [0.2, 0.25) is 0 Å². The summed E-state index contributed by atoms with van der Waals surface area (Å²) >= 11 is 0. The van der Waals surface area contributed by atoms with Crippen molar-refractivity contribution in [1.29, 1.82) is 0 Å². The van der Waals surface area contributed by atoms with Crippen molar-refractivity contribution in [1.82, 2.24) is 4.90 Å². The van der Waals surface area contributed by atoms with E-state index in [1.807, 2.05) is 6.07 Å². The van der Waals surface area contributed by atoms with E-state index in [0.29, 0.717) is 13.1 Å². The first-order chi connectivity index (χ1) is 12.2. The predicted octanol–water partition coefficient (Wildman–Crippen LogP) is 4.15. The molecule has 2 heteroatoms. The second kappa shape index (κ2) is 11.9. The second-order valence-electron chi connectivity index (χ2n) is 5.86. The topological polar surface area (TPSA) is 12.5 Å². The van der Waals surface area contributed by atoms with E-state index < -0.39 is 0 Å². The number of allylic oxidation sites excluding steroid dienone is 1. The third kappa shape index (κ3) is 7.22. The van der Waals surface area contributed by atoms with Crippen molar-refractivity contribution in [2.24, 2.45) is 0 Å². The van der Waals surface area contributed by atoms with E-state index in [-0.39, 0.29) is 6.61 Å². The van der Waals surface area contributed by atoms with Crippen LogP contribution in [-0.4, -0.2) is 31.1 Å². The monoisotopic (exact) mass is 333 g/mol. The molecule has 1 rings (SSSR count). The lowest BCUT2D eigenvalue weighted by molar-refractivity contribution is 0.354. The van der Waals surface area contributed by atoms with Crippen LogP contribution < -0.4 is 4.74 Å². The Morgan fingerprint density at radius 1 is 1.16 bits per heavy atom. The van der Waals surface area contributed by atoms with Gasteiger partial charge in [0.15, 0.2) is 0 Å². The number of hydrogen-bond donors (Lipinski definition) is 0.